The quantitative estimate of drug-likeness (QED) is 0.629. The van der Waals surface area contributed by atoms with E-state index in [0.717, 1.165) is 22.7 Å². The fourth-order valence-electron chi connectivity index (χ4n) is 2.39. The molecule has 0 saturated heterocycles. The molecule has 3 nitrogen and oxygen atoms in total. The van der Waals surface area contributed by atoms with Crippen LogP contribution in [0.3, 0.4) is 0 Å². The minimum atomic E-state index is -0.00884. The van der Waals surface area contributed by atoms with Crippen molar-refractivity contribution >= 4 is 11.8 Å². The second-order valence-electron chi connectivity index (χ2n) is 6.10. The van der Waals surface area contributed by atoms with Gasteiger partial charge in [0.15, 0.2) is 0 Å². The second kappa shape index (κ2) is 7.14. The average Bonchev–Trinajstić information content (AvgIpc) is 3.12. The van der Waals surface area contributed by atoms with E-state index in [1.165, 1.54) is 0 Å². The number of para-hydroxylation sites is 2. The maximum absolute atomic E-state index is 6.03. The van der Waals surface area contributed by atoms with Gasteiger partial charge >= 0.3 is 0 Å². The number of aromatic nitrogens is 2. The molecule has 1 aromatic heterocycles. The summed E-state index contributed by atoms with van der Waals surface area (Å²) >= 11 is 1.79. The Kier molecular flexibility index (Phi) is 4.95. The first-order valence-electron chi connectivity index (χ1n) is 7.97. The normalized spacial score (nSPS) is 11.5. The third-order valence-corrected chi connectivity index (χ3v) is 5.30. The lowest BCUT2D eigenvalue weighted by molar-refractivity contribution is 0.304. The van der Waals surface area contributed by atoms with Crippen LogP contribution in [0, 0.1) is 0 Å². The zero-order valence-corrected chi connectivity index (χ0v) is 15.1. The van der Waals surface area contributed by atoms with Gasteiger partial charge in [0.2, 0.25) is 0 Å². The highest BCUT2D eigenvalue weighted by Crippen LogP contribution is 2.33. The van der Waals surface area contributed by atoms with Crippen molar-refractivity contribution in [2.24, 2.45) is 0 Å². The van der Waals surface area contributed by atoms with Gasteiger partial charge in [0, 0.05) is 6.20 Å². The maximum Gasteiger partial charge on any atom is 0.145 e. The summed E-state index contributed by atoms with van der Waals surface area (Å²) in [5.41, 5.74) is 3.17. The molecular weight excluding hydrogens is 316 g/mol. The van der Waals surface area contributed by atoms with Crippen molar-refractivity contribution in [3.8, 4) is 11.4 Å². The van der Waals surface area contributed by atoms with Crippen LogP contribution in [0.4, 0.5) is 0 Å². The maximum atomic E-state index is 6.03. The molecule has 0 aliphatic carbocycles. The van der Waals surface area contributed by atoms with Crippen molar-refractivity contribution in [1.82, 2.24) is 9.78 Å². The molecule has 0 N–H and O–H groups in total. The molecular formula is C20H22N2OS. The number of benzene rings is 2. The van der Waals surface area contributed by atoms with Crippen molar-refractivity contribution in [3.05, 3.63) is 78.1 Å². The molecule has 0 bridgehead atoms. The highest BCUT2D eigenvalue weighted by atomic mass is 32.2. The Morgan fingerprint density at radius 2 is 1.71 bits per heavy atom. The van der Waals surface area contributed by atoms with Gasteiger partial charge < -0.3 is 4.74 Å². The minimum absolute atomic E-state index is 0.00884. The van der Waals surface area contributed by atoms with E-state index < -0.39 is 0 Å². The van der Waals surface area contributed by atoms with Crippen molar-refractivity contribution in [2.75, 3.05) is 6.26 Å². The van der Waals surface area contributed by atoms with Gasteiger partial charge in [-0.1, -0.05) is 42.5 Å². The molecule has 0 amide bonds. The summed E-state index contributed by atoms with van der Waals surface area (Å²) in [5.74, 6) is 0.831. The van der Waals surface area contributed by atoms with Crippen molar-refractivity contribution in [3.63, 3.8) is 0 Å². The van der Waals surface area contributed by atoms with E-state index in [4.69, 9.17) is 9.84 Å². The van der Waals surface area contributed by atoms with E-state index in [0.29, 0.717) is 6.61 Å². The SMILES string of the molecule is CSC(C)(C)c1ccn(-c2ccccc2OCc2ccccc2)n1. The number of hydrogen-bond acceptors (Lipinski definition) is 3. The van der Waals surface area contributed by atoms with Crippen LogP contribution in [0.5, 0.6) is 5.75 Å². The number of ether oxygens (including phenoxy) is 1. The summed E-state index contributed by atoms with van der Waals surface area (Å²) < 4.78 is 7.92. The Morgan fingerprint density at radius 3 is 2.46 bits per heavy atom. The predicted molar refractivity (Wildman–Crippen MR) is 101 cm³/mol. The molecule has 1 heterocycles. The fourth-order valence-corrected chi connectivity index (χ4v) is 2.71. The van der Waals surface area contributed by atoms with Gasteiger partial charge in [-0.3, -0.25) is 0 Å². The van der Waals surface area contributed by atoms with Crippen LogP contribution >= 0.6 is 11.8 Å². The highest BCUT2D eigenvalue weighted by Gasteiger charge is 2.22. The lowest BCUT2D eigenvalue weighted by Gasteiger charge is -2.19. The first-order valence-corrected chi connectivity index (χ1v) is 9.20. The summed E-state index contributed by atoms with van der Waals surface area (Å²) in [5, 5.41) is 4.75. The molecule has 3 aromatic rings. The number of nitrogens with zero attached hydrogens (tertiary/aromatic N) is 2. The monoisotopic (exact) mass is 338 g/mol. The smallest absolute Gasteiger partial charge is 0.145 e. The molecule has 0 aliphatic heterocycles. The van der Waals surface area contributed by atoms with E-state index in [2.05, 4.69) is 38.3 Å². The van der Waals surface area contributed by atoms with Crippen molar-refractivity contribution in [1.29, 1.82) is 0 Å². The largest absolute Gasteiger partial charge is 0.487 e. The zero-order chi connectivity index (χ0) is 17.0. The van der Waals surface area contributed by atoms with Crippen LogP contribution in [0.2, 0.25) is 0 Å². The minimum Gasteiger partial charge on any atom is -0.487 e. The van der Waals surface area contributed by atoms with Gasteiger partial charge in [-0.25, -0.2) is 4.68 Å². The van der Waals surface area contributed by atoms with Gasteiger partial charge in [0.05, 0.1) is 10.4 Å². The first-order chi connectivity index (χ1) is 11.6. The zero-order valence-electron chi connectivity index (χ0n) is 14.3. The lowest BCUT2D eigenvalue weighted by Crippen LogP contribution is -2.13. The van der Waals surface area contributed by atoms with Crippen LogP contribution in [0.15, 0.2) is 66.9 Å². The van der Waals surface area contributed by atoms with Crippen LogP contribution in [-0.2, 0) is 11.4 Å². The Balaban J connectivity index is 1.84. The Bertz CT molecular complexity index is 796. The fraction of sp³-hybridized carbons (Fsp3) is 0.250. The van der Waals surface area contributed by atoms with Crippen LogP contribution in [0.25, 0.3) is 5.69 Å². The van der Waals surface area contributed by atoms with Crippen LogP contribution < -0.4 is 4.74 Å². The molecule has 3 rings (SSSR count). The molecule has 0 radical (unpaired) electrons. The van der Waals surface area contributed by atoms with Gasteiger partial charge in [-0.15, -0.1) is 0 Å². The average molecular weight is 338 g/mol. The summed E-state index contributed by atoms with van der Waals surface area (Å²) in [6.45, 7) is 4.91. The third-order valence-electron chi connectivity index (χ3n) is 4.07. The third kappa shape index (κ3) is 3.65. The van der Waals surface area contributed by atoms with Crippen molar-refractivity contribution in [2.45, 2.75) is 25.2 Å². The predicted octanol–water partition coefficient (Wildman–Crippen LogP) is 5.05. The number of hydrogen-bond donors (Lipinski definition) is 0. The van der Waals surface area contributed by atoms with Gasteiger partial charge in [-0.05, 0) is 43.9 Å². The lowest BCUT2D eigenvalue weighted by atomic mass is 10.1. The standard InChI is InChI=1S/C20H22N2OS/c1-20(2,24-3)19-13-14-22(21-19)17-11-7-8-12-18(17)23-15-16-9-5-4-6-10-16/h4-14H,15H2,1-3H3. The Morgan fingerprint density at radius 1 is 1.00 bits per heavy atom. The molecule has 0 atom stereocenters. The molecule has 24 heavy (non-hydrogen) atoms. The van der Waals surface area contributed by atoms with E-state index in [1.807, 2.05) is 53.3 Å². The first kappa shape index (κ1) is 16.7. The molecule has 0 aliphatic rings. The highest BCUT2D eigenvalue weighted by molar-refractivity contribution is 7.99. The van der Waals surface area contributed by atoms with Crippen LogP contribution in [-0.4, -0.2) is 16.0 Å². The topological polar surface area (TPSA) is 27.1 Å². The molecule has 0 spiro atoms. The molecule has 0 fully saturated rings. The summed E-state index contributed by atoms with van der Waals surface area (Å²) in [7, 11) is 0. The van der Waals surface area contributed by atoms with E-state index in [9.17, 15) is 0 Å². The molecule has 2 aromatic carbocycles. The van der Waals surface area contributed by atoms with Gasteiger partial charge in [0.25, 0.3) is 0 Å². The molecule has 0 saturated carbocycles. The Labute approximate surface area is 147 Å². The van der Waals surface area contributed by atoms with E-state index in [-0.39, 0.29) is 4.75 Å². The van der Waals surface area contributed by atoms with Crippen LogP contribution in [0.1, 0.15) is 25.1 Å². The second-order valence-corrected chi connectivity index (χ2v) is 7.53. The summed E-state index contributed by atoms with van der Waals surface area (Å²) in [4.78, 5) is 0. The van der Waals surface area contributed by atoms with Crippen molar-refractivity contribution < 1.29 is 4.74 Å². The van der Waals surface area contributed by atoms with Gasteiger partial charge in [-0.2, -0.15) is 16.9 Å². The molecule has 0 unspecified atom stereocenters. The molecule has 124 valence electrons. The number of thioether (sulfide) groups is 1. The van der Waals surface area contributed by atoms with E-state index >= 15 is 0 Å². The van der Waals surface area contributed by atoms with Gasteiger partial charge in [0.1, 0.15) is 18.0 Å². The number of rotatable bonds is 6. The summed E-state index contributed by atoms with van der Waals surface area (Å²) in [6.07, 6.45) is 4.11. The molecule has 4 heteroatoms. The van der Waals surface area contributed by atoms with E-state index in [1.54, 1.807) is 11.8 Å². The summed E-state index contributed by atoms with van der Waals surface area (Å²) in [6, 6.07) is 20.3. The Hall–Kier alpha value is -2.20.